The van der Waals surface area contributed by atoms with Crippen LogP contribution in [0.2, 0.25) is 0 Å². The molecule has 1 aliphatic heterocycles. The molecule has 1 saturated heterocycles. The van der Waals surface area contributed by atoms with Gasteiger partial charge in [0.2, 0.25) is 7.07 Å². The molecule has 3 nitrogen and oxygen atoms in total. The lowest BCUT2D eigenvalue weighted by Gasteiger charge is -2.19. The molecule has 9 heavy (non-hydrogen) atoms. The summed E-state index contributed by atoms with van der Waals surface area (Å²) in [5.74, 6) is 0. The normalized spacial score (nSPS) is 43.7. The van der Waals surface area contributed by atoms with E-state index in [1.807, 2.05) is 6.92 Å². The van der Waals surface area contributed by atoms with Gasteiger partial charge in [-0.3, -0.25) is 0 Å². The molecule has 2 atom stereocenters. The van der Waals surface area contributed by atoms with E-state index in [1.54, 1.807) is 7.11 Å². The van der Waals surface area contributed by atoms with Crippen molar-refractivity contribution in [2.75, 3.05) is 13.7 Å². The highest BCUT2D eigenvalue weighted by Gasteiger charge is 2.35. The molecule has 1 aliphatic rings. The highest BCUT2D eigenvalue weighted by molar-refractivity contribution is 8.37. The molecule has 0 bridgehead atoms. The fourth-order valence-electron chi connectivity index (χ4n) is 0.660. The van der Waals surface area contributed by atoms with Crippen LogP contribution >= 0.6 is 7.07 Å². The predicted octanol–water partition coefficient (Wildman–Crippen LogP) is 0.866. The fraction of sp³-hybridized carbons (Fsp3) is 1.00. The average Bonchev–Trinajstić information content (AvgIpc) is 2.13. The first-order valence-corrected chi connectivity index (χ1v) is 5.38. The first-order valence-electron chi connectivity index (χ1n) is 2.74. The Morgan fingerprint density at radius 2 is 2.56 bits per heavy atom. The van der Waals surface area contributed by atoms with Crippen molar-refractivity contribution in [2.45, 2.75) is 13.0 Å². The Labute approximate surface area is 60.8 Å². The fourth-order valence-corrected chi connectivity index (χ4v) is 2.70. The molecule has 1 fully saturated rings. The zero-order valence-corrected chi connectivity index (χ0v) is 7.17. The second-order valence-corrected chi connectivity index (χ2v) is 5.32. The van der Waals surface area contributed by atoms with Crippen LogP contribution in [-0.2, 0) is 21.3 Å². The van der Waals surface area contributed by atoms with E-state index in [2.05, 4.69) is 5.09 Å². The predicted molar refractivity (Wildman–Crippen MR) is 39.8 cm³/mol. The SMILES string of the molecule is CO[P+]1([S-])N[C@H](C)CO1. The standard InChI is InChI=1S/C4H10NO2PS/c1-4-3-7-8(9,5-4)6-2/h4H,3H2,1-2H3,(H,5,9)/t4-,8?/m1/s1. The van der Waals surface area contributed by atoms with Crippen LogP contribution in [-0.4, -0.2) is 19.8 Å². The summed E-state index contributed by atoms with van der Waals surface area (Å²) in [7, 11) is -0.449. The van der Waals surface area contributed by atoms with E-state index >= 15 is 0 Å². The third-order valence-corrected chi connectivity index (χ3v) is 3.92. The Morgan fingerprint density at radius 1 is 1.89 bits per heavy atom. The molecule has 0 aromatic heterocycles. The van der Waals surface area contributed by atoms with Crippen LogP contribution in [0.1, 0.15) is 6.92 Å². The van der Waals surface area contributed by atoms with Gasteiger partial charge in [-0.15, -0.1) is 0 Å². The topological polar surface area (TPSA) is 30.5 Å². The van der Waals surface area contributed by atoms with E-state index < -0.39 is 7.07 Å². The number of hydrogen-bond acceptors (Lipinski definition) is 4. The average molecular weight is 167 g/mol. The molecule has 0 spiro atoms. The van der Waals surface area contributed by atoms with Gasteiger partial charge in [-0.25, -0.2) is 9.05 Å². The number of hydrogen-bond donors (Lipinski definition) is 1. The highest BCUT2D eigenvalue weighted by atomic mass is 32.7. The first-order chi connectivity index (χ1) is 4.16. The summed E-state index contributed by atoms with van der Waals surface area (Å²) in [5.41, 5.74) is 0. The molecule has 0 aliphatic carbocycles. The van der Waals surface area contributed by atoms with Crippen molar-refractivity contribution < 1.29 is 9.05 Å². The van der Waals surface area contributed by atoms with Crippen molar-refractivity contribution >= 4 is 19.3 Å². The number of nitrogens with one attached hydrogen (secondary N) is 1. The Kier molecular flexibility index (Phi) is 2.35. The van der Waals surface area contributed by atoms with Gasteiger partial charge >= 0.3 is 0 Å². The van der Waals surface area contributed by atoms with Crippen molar-refractivity contribution in [2.24, 2.45) is 0 Å². The molecule has 0 amide bonds. The summed E-state index contributed by atoms with van der Waals surface area (Å²) in [5, 5.41) is 3.06. The summed E-state index contributed by atoms with van der Waals surface area (Å²) < 4.78 is 10.2. The van der Waals surface area contributed by atoms with Gasteiger partial charge < -0.3 is 12.2 Å². The van der Waals surface area contributed by atoms with Crippen molar-refractivity contribution in [3.63, 3.8) is 0 Å². The summed E-state index contributed by atoms with van der Waals surface area (Å²) >= 11 is 5.00. The summed E-state index contributed by atoms with van der Waals surface area (Å²) in [6.07, 6.45) is 0. The van der Waals surface area contributed by atoms with Crippen LogP contribution in [0.25, 0.3) is 0 Å². The maximum absolute atomic E-state index is 5.19. The van der Waals surface area contributed by atoms with Crippen LogP contribution in [0.3, 0.4) is 0 Å². The molecule has 0 saturated carbocycles. The molecule has 54 valence electrons. The van der Waals surface area contributed by atoms with Gasteiger partial charge in [0.25, 0.3) is 0 Å². The lowest BCUT2D eigenvalue weighted by Crippen LogP contribution is -2.18. The Bertz CT molecular complexity index is 115. The molecule has 1 unspecified atom stereocenters. The van der Waals surface area contributed by atoms with Crippen molar-refractivity contribution in [3.05, 3.63) is 0 Å². The Balaban J connectivity index is 2.45. The first kappa shape index (κ1) is 7.76. The Morgan fingerprint density at radius 3 is 2.78 bits per heavy atom. The van der Waals surface area contributed by atoms with Crippen LogP contribution in [0.4, 0.5) is 0 Å². The maximum atomic E-state index is 5.19. The molecule has 1 N–H and O–H groups in total. The van der Waals surface area contributed by atoms with Gasteiger partial charge in [-0.05, 0) is 6.92 Å². The second kappa shape index (κ2) is 2.72. The van der Waals surface area contributed by atoms with E-state index in [0.717, 1.165) is 0 Å². The third kappa shape index (κ3) is 1.79. The zero-order chi connectivity index (χ0) is 6.91. The van der Waals surface area contributed by atoms with Crippen molar-refractivity contribution in [1.29, 1.82) is 0 Å². The van der Waals surface area contributed by atoms with Crippen molar-refractivity contribution in [3.8, 4) is 0 Å². The van der Waals surface area contributed by atoms with Crippen LogP contribution in [0, 0.1) is 0 Å². The van der Waals surface area contributed by atoms with Gasteiger partial charge in [-0.1, -0.05) is 0 Å². The molecule has 1 heterocycles. The molecule has 0 radical (unpaired) electrons. The molecule has 5 heteroatoms. The van der Waals surface area contributed by atoms with Gasteiger partial charge in [0.15, 0.2) is 0 Å². The van der Waals surface area contributed by atoms with Gasteiger partial charge in [0.05, 0.1) is 13.2 Å². The van der Waals surface area contributed by atoms with Gasteiger partial charge in [0.1, 0.15) is 6.61 Å². The number of rotatable bonds is 1. The van der Waals surface area contributed by atoms with Crippen LogP contribution < -0.4 is 5.09 Å². The second-order valence-electron chi connectivity index (χ2n) is 2.01. The summed E-state index contributed by atoms with van der Waals surface area (Å²) in [6, 6.07) is 0.343. The maximum Gasteiger partial charge on any atom is 0.228 e. The molecule has 0 aromatic rings. The summed E-state index contributed by atoms with van der Waals surface area (Å²) in [6.45, 7) is 2.69. The lowest BCUT2D eigenvalue weighted by molar-refractivity contribution is 0.306. The van der Waals surface area contributed by atoms with E-state index in [9.17, 15) is 0 Å². The van der Waals surface area contributed by atoms with Gasteiger partial charge in [0, 0.05) is 0 Å². The molecule has 0 aromatic carbocycles. The minimum atomic E-state index is -2.02. The largest absolute Gasteiger partial charge is 0.472 e. The molecule has 1 rings (SSSR count). The van der Waals surface area contributed by atoms with E-state index in [1.165, 1.54) is 0 Å². The quantitative estimate of drug-likeness (QED) is 0.463. The van der Waals surface area contributed by atoms with Crippen molar-refractivity contribution in [1.82, 2.24) is 5.09 Å². The minimum Gasteiger partial charge on any atom is -0.472 e. The van der Waals surface area contributed by atoms with Crippen LogP contribution in [0.15, 0.2) is 0 Å². The molecular weight excluding hydrogens is 157 g/mol. The van der Waals surface area contributed by atoms with E-state index in [4.69, 9.17) is 21.3 Å². The smallest absolute Gasteiger partial charge is 0.228 e. The zero-order valence-electron chi connectivity index (χ0n) is 5.46. The van der Waals surface area contributed by atoms with E-state index in [0.29, 0.717) is 12.6 Å². The van der Waals surface area contributed by atoms with E-state index in [-0.39, 0.29) is 0 Å². The monoisotopic (exact) mass is 167 g/mol. The lowest BCUT2D eigenvalue weighted by atomic mass is 10.4. The minimum absolute atomic E-state index is 0.343. The van der Waals surface area contributed by atoms with Crippen LogP contribution in [0.5, 0.6) is 0 Å². The highest BCUT2D eigenvalue weighted by Crippen LogP contribution is 2.57. The third-order valence-electron chi connectivity index (χ3n) is 1.11. The Hall–Kier alpha value is 0.660. The molecular formula is C4H10NO2PS. The van der Waals surface area contributed by atoms with Gasteiger partial charge in [-0.2, -0.15) is 5.09 Å². The summed E-state index contributed by atoms with van der Waals surface area (Å²) in [4.78, 5) is 0.